The Bertz CT molecular complexity index is 422. The van der Waals surface area contributed by atoms with E-state index in [4.69, 9.17) is 5.73 Å². The molecule has 0 aliphatic heterocycles. The molecule has 0 spiro atoms. The summed E-state index contributed by atoms with van der Waals surface area (Å²) in [5, 5.41) is 2.92. The lowest BCUT2D eigenvalue weighted by molar-refractivity contribution is -0.118. The molecule has 104 valence electrons. The number of nitrogens with zero attached hydrogens (tertiary/aromatic N) is 1. The molecular formula is C15H23N3O. The smallest absolute Gasteiger partial charge is 0.225 e. The molecule has 19 heavy (non-hydrogen) atoms. The maximum absolute atomic E-state index is 12.1. The van der Waals surface area contributed by atoms with Crippen LogP contribution < -0.4 is 11.1 Å². The van der Waals surface area contributed by atoms with E-state index >= 15 is 0 Å². The first-order valence-corrected chi connectivity index (χ1v) is 7.06. The summed E-state index contributed by atoms with van der Waals surface area (Å²) in [6.07, 6.45) is 8.02. The van der Waals surface area contributed by atoms with Crippen molar-refractivity contribution in [3.63, 3.8) is 0 Å². The van der Waals surface area contributed by atoms with Gasteiger partial charge < -0.3 is 11.1 Å². The third-order valence-corrected chi connectivity index (χ3v) is 4.08. The fourth-order valence-corrected chi connectivity index (χ4v) is 2.84. The van der Waals surface area contributed by atoms with Crippen molar-refractivity contribution in [3.05, 3.63) is 24.0 Å². The average molecular weight is 261 g/mol. The van der Waals surface area contributed by atoms with Crippen LogP contribution in [-0.2, 0) is 4.79 Å². The van der Waals surface area contributed by atoms with Gasteiger partial charge in [0.15, 0.2) is 0 Å². The number of hydrogen-bond donors (Lipinski definition) is 2. The zero-order valence-electron chi connectivity index (χ0n) is 11.6. The molecule has 1 aliphatic rings. The quantitative estimate of drug-likeness (QED) is 0.875. The van der Waals surface area contributed by atoms with Crippen molar-refractivity contribution in [1.29, 1.82) is 0 Å². The van der Waals surface area contributed by atoms with Gasteiger partial charge in [0.25, 0.3) is 0 Å². The van der Waals surface area contributed by atoms with Crippen molar-refractivity contribution in [3.8, 4) is 0 Å². The highest BCUT2D eigenvalue weighted by Crippen LogP contribution is 2.38. The number of pyridine rings is 1. The highest BCUT2D eigenvalue weighted by molar-refractivity contribution is 5.91. The van der Waals surface area contributed by atoms with Crippen molar-refractivity contribution < 1.29 is 4.79 Å². The third-order valence-electron chi connectivity index (χ3n) is 4.08. The predicted molar refractivity (Wildman–Crippen MR) is 76.8 cm³/mol. The average Bonchev–Trinajstić information content (AvgIpc) is 2.42. The third kappa shape index (κ3) is 3.77. The van der Waals surface area contributed by atoms with E-state index in [-0.39, 0.29) is 11.3 Å². The molecule has 3 N–H and O–H groups in total. The highest BCUT2D eigenvalue weighted by atomic mass is 16.1. The normalized spacial score (nSPS) is 18.0. The summed E-state index contributed by atoms with van der Waals surface area (Å²) < 4.78 is 0. The van der Waals surface area contributed by atoms with Crippen LogP contribution in [0.25, 0.3) is 0 Å². The van der Waals surface area contributed by atoms with Crippen molar-refractivity contribution in [2.24, 2.45) is 11.1 Å². The van der Waals surface area contributed by atoms with Crippen molar-refractivity contribution >= 4 is 11.6 Å². The lowest BCUT2D eigenvalue weighted by Crippen LogP contribution is -2.36. The minimum Gasteiger partial charge on any atom is -0.330 e. The number of nitrogens with two attached hydrogens (primary N) is 1. The molecule has 1 saturated carbocycles. The monoisotopic (exact) mass is 261 g/mol. The Morgan fingerprint density at radius 1 is 1.37 bits per heavy atom. The summed E-state index contributed by atoms with van der Waals surface area (Å²) in [5.41, 5.74) is 7.63. The van der Waals surface area contributed by atoms with Gasteiger partial charge in [-0.1, -0.05) is 19.3 Å². The molecule has 1 amide bonds. The van der Waals surface area contributed by atoms with Crippen LogP contribution in [0.5, 0.6) is 0 Å². The minimum atomic E-state index is 0.0143. The largest absolute Gasteiger partial charge is 0.330 e. The van der Waals surface area contributed by atoms with E-state index in [0.717, 1.165) is 24.2 Å². The molecule has 1 fully saturated rings. The Balaban J connectivity index is 1.94. The molecular weight excluding hydrogens is 238 g/mol. The molecule has 0 radical (unpaired) electrons. The van der Waals surface area contributed by atoms with Crippen molar-refractivity contribution in [2.75, 3.05) is 11.9 Å². The lowest BCUT2D eigenvalue weighted by Gasteiger charge is -2.35. The fourth-order valence-electron chi connectivity index (χ4n) is 2.84. The second-order valence-corrected chi connectivity index (χ2v) is 5.68. The molecule has 4 nitrogen and oxygen atoms in total. The molecule has 1 aromatic heterocycles. The molecule has 0 bridgehead atoms. The van der Waals surface area contributed by atoms with Gasteiger partial charge >= 0.3 is 0 Å². The SMILES string of the molecule is Cc1ccc(NC(=O)CC2(CN)CCCCC2)cn1. The van der Waals surface area contributed by atoms with Gasteiger partial charge in [0.05, 0.1) is 11.9 Å². The van der Waals surface area contributed by atoms with Crippen LogP contribution in [-0.4, -0.2) is 17.4 Å². The first-order chi connectivity index (χ1) is 9.13. The Hall–Kier alpha value is -1.42. The summed E-state index contributed by atoms with van der Waals surface area (Å²) in [5.74, 6) is 0.0537. The van der Waals surface area contributed by atoms with Crippen molar-refractivity contribution in [1.82, 2.24) is 4.98 Å². The van der Waals surface area contributed by atoms with Gasteiger partial charge in [0.2, 0.25) is 5.91 Å². The van der Waals surface area contributed by atoms with Gasteiger partial charge in [0, 0.05) is 12.1 Å². The summed E-state index contributed by atoms with van der Waals surface area (Å²) in [7, 11) is 0. The zero-order chi connectivity index (χ0) is 13.7. The fraction of sp³-hybridized carbons (Fsp3) is 0.600. The molecule has 1 aliphatic carbocycles. The standard InChI is InChI=1S/C15H23N3O/c1-12-5-6-13(10-17-12)18-14(19)9-15(11-16)7-3-2-4-8-15/h5-6,10H,2-4,7-9,11,16H2,1H3,(H,18,19). The van der Waals surface area contributed by atoms with E-state index in [1.165, 1.54) is 19.3 Å². The van der Waals surface area contributed by atoms with E-state index in [0.29, 0.717) is 13.0 Å². The molecule has 1 aromatic rings. The maximum Gasteiger partial charge on any atom is 0.225 e. The number of aromatic nitrogens is 1. The van der Waals surface area contributed by atoms with Crippen LogP contribution in [0, 0.1) is 12.3 Å². The number of aryl methyl sites for hydroxylation is 1. The second-order valence-electron chi connectivity index (χ2n) is 5.68. The molecule has 1 heterocycles. The molecule has 2 rings (SSSR count). The summed E-state index contributed by atoms with van der Waals surface area (Å²) in [6, 6.07) is 3.78. The van der Waals surface area contributed by atoms with E-state index in [2.05, 4.69) is 10.3 Å². The van der Waals surface area contributed by atoms with Crippen LogP contribution >= 0.6 is 0 Å². The Morgan fingerprint density at radius 2 is 2.11 bits per heavy atom. The van der Waals surface area contributed by atoms with Gasteiger partial charge in [-0.25, -0.2) is 0 Å². The molecule has 4 heteroatoms. The van der Waals surface area contributed by atoms with Gasteiger partial charge in [-0.3, -0.25) is 9.78 Å². The number of carbonyl (C=O) groups excluding carboxylic acids is 1. The van der Waals surface area contributed by atoms with E-state index in [1.807, 2.05) is 19.1 Å². The second kappa shape index (κ2) is 6.15. The number of carbonyl (C=O) groups is 1. The molecule has 0 atom stereocenters. The van der Waals surface area contributed by atoms with Gasteiger partial charge in [-0.15, -0.1) is 0 Å². The topological polar surface area (TPSA) is 68.0 Å². The zero-order valence-corrected chi connectivity index (χ0v) is 11.6. The van der Waals surface area contributed by atoms with Crippen LogP contribution in [0.2, 0.25) is 0 Å². The molecule has 0 saturated heterocycles. The lowest BCUT2D eigenvalue weighted by atomic mass is 9.71. The number of anilines is 1. The van der Waals surface area contributed by atoms with Crippen molar-refractivity contribution in [2.45, 2.75) is 45.4 Å². The summed E-state index contributed by atoms with van der Waals surface area (Å²) in [4.78, 5) is 16.3. The van der Waals surface area contributed by atoms with E-state index < -0.39 is 0 Å². The van der Waals surface area contributed by atoms with Gasteiger partial charge in [-0.05, 0) is 43.9 Å². The Kier molecular flexibility index (Phi) is 4.53. The first-order valence-electron chi connectivity index (χ1n) is 7.06. The molecule has 0 aromatic carbocycles. The van der Waals surface area contributed by atoms with Crippen LogP contribution in [0.3, 0.4) is 0 Å². The Morgan fingerprint density at radius 3 is 2.68 bits per heavy atom. The Labute approximate surface area is 114 Å². The maximum atomic E-state index is 12.1. The van der Waals surface area contributed by atoms with Gasteiger partial charge in [0.1, 0.15) is 0 Å². The summed E-state index contributed by atoms with van der Waals surface area (Å²) in [6.45, 7) is 2.53. The first kappa shape index (κ1) is 14.0. The van der Waals surface area contributed by atoms with Crippen LogP contribution in [0.1, 0.15) is 44.2 Å². The summed E-state index contributed by atoms with van der Waals surface area (Å²) >= 11 is 0. The number of nitrogens with one attached hydrogen (secondary N) is 1. The molecule has 0 unspecified atom stereocenters. The highest BCUT2D eigenvalue weighted by Gasteiger charge is 2.32. The number of rotatable bonds is 4. The predicted octanol–water partition coefficient (Wildman–Crippen LogP) is 2.63. The van der Waals surface area contributed by atoms with Crippen LogP contribution in [0.4, 0.5) is 5.69 Å². The minimum absolute atomic E-state index is 0.0143. The number of hydrogen-bond acceptors (Lipinski definition) is 3. The van der Waals surface area contributed by atoms with E-state index in [1.54, 1.807) is 6.20 Å². The van der Waals surface area contributed by atoms with Crippen LogP contribution in [0.15, 0.2) is 18.3 Å². The number of amides is 1. The van der Waals surface area contributed by atoms with E-state index in [9.17, 15) is 4.79 Å². The van der Waals surface area contributed by atoms with Gasteiger partial charge in [-0.2, -0.15) is 0 Å².